The topological polar surface area (TPSA) is 95.0 Å². The molecule has 2 aromatic rings. The van der Waals surface area contributed by atoms with Crippen LogP contribution >= 0.6 is 34.8 Å². The van der Waals surface area contributed by atoms with Crippen LogP contribution in [0, 0.1) is 5.41 Å². The van der Waals surface area contributed by atoms with Crippen LogP contribution in [0.3, 0.4) is 0 Å². The van der Waals surface area contributed by atoms with Crippen molar-refractivity contribution in [3.05, 3.63) is 62.6 Å². The number of sulfone groups is 1. The fraction of sp³-hybridized carbons (Fsp3) is 0.500. The van der Waals surface area contributed by atoms with E-state index in [0.29, 0.717) is 38.5 Å². The van der Waals surface area contributed by atoms with E-state index < -0.39 is 38.3 Å². The van der Waals surface area contributed by atoms with E-state index in [2.05, 4.69) is 0 Å². The van der Waals surface area contributed by atoms with Crippen molar-refractivity contribution in [3.8, 4) is 0 Å². The lowest BCUT2D eigenvalue weighted by molar-refractivity contribution is -0.262. The van der Waals surface area contributed by atoms with Gasteiger partial charge in [0.25, 0.3) is 17.4 Å². The average Bonchev–Trinajstić information content (AvgIpc) is 2.91. The molecule has 2 aliphatic rings. The van der Waals surface area contributed by atoms with Crippen LogP contribution in [0.5, 0.6) is 0 Å². The fourth-order valence-electron chi connectivity index (χ4n) is 5.88. The van der Waals surface area contributed by atoms with E-state index in [9.17, 15) is 36.3 Å². The number of amides is 2. The first-order valence-electron chi connectivity index (χ1n) is 13.2. The number of carbonyl (C=O) groups excluding carboxylic acids is 2. The Morgan fingerprint density at radius 3 is 1.98 bits per heavy atom. The highest BCUT2D eigenvalue weighted by molar-refractivity contribution is 7.92. The van der Waals surface area contributed by atoms with E-state index >= 15 is 0 Å². The predicted molar refractivity (Wildman–Crippen MR) is 154 cm³/mol. The van der Waals surface area contributed by atoms with Gasteiger partial charge in [0.2, 0.25) is 0 Å². The van der Waals surface area contributed by atoms with Gasteiger partial charge < -0.3 is 14.9 Å². The van der Waals surface area contributed by atoms with Gasteiger partial charge in [-0.15, -0.1) is 0 Å². The van der Waals surface area contributed by atoms with Crippen molar-refractivity contribution in [3.63, 3.8) is 0 Å². The third-order valence-electron chi connectivity index (χ3n) is 8.45. The number of hydrogen-bond acceptors (Lipinski definition) is 5. The Morgan fingerprint density at radius 1 is 0.952 bits per heavy atom. The molecule has 0 aromatic heterocycles. The Hall–Kier alpha value is -2.05. The van der Waals surface area contributed by atoms with Gasteiger partial charge in [0.1, 0.15) is 0 Å². The summed E-state index contributed by atoms with van der Waals surface area (Å²) in [6.07, 6.45) is -2.92. The van der Waals surface area contributed by atoms with E-state index in [1.807, 2.05) is 0 Å². The zero-order chi connectivity index (χ0) is 31.3. The van der Waals surface area contributed by atoms with Crippen LogP contribution in [0.15, 0.2) is 41.3 Å². The molecule has 2 amide bonds. The second-order valence-corrected chi connectivity index (χ2v) is 14.8. The molecule has 0 radical (unpaired) electrons. The first-order chi connectivity index (χ1) is 19.4. The first-order valence-corrected chi connectivity index (χ1v) is 15.9. The van der Waals surface area contributed by atoms with E-state index in [1.54, 1.807) is 14.1 Å². The summed E-state index contributed by atoms with van der Waals surface area (Å²) < 4.78 is 69.3. The quantitative estimate of drug-likeness (QED) is 0.414. The molecule has 1 atom stereocenters. The van der Waals surface area contributed by atoms with Crippen LogP contribution < -0.4 is 0 Å². The molecule has 0 bridgehead atoms. The second kappa shape index (κ2) is 11.8. The first kappa shape index (κ1) is 32.9. The minimum Gasteiger partial charge on any atom is -0.368 e. The third-order valence-corrected chi connectivity index (χ3v) is 11.5. The molecule has 1 N–H and O–H groups in total. The van der Waals surface area contributed by atoms with Crippen molar-refractivity contribution in [2.75, 3.05) is 27.2 Å². The summed E-state index contributed by atoms with van der Waals surface area (Å²) in [5.74, 6) is -1.86. The Labute approximate surface area is 257 Å². The lowest BCUT2D eigenvalue weighted by Crippen LogP contribution is -2.58. The molecule has 1 saturated carbocycles. The number of halogens is 6. The number of aliphatic hydroxyl groups is 1. The summed E-state index contributed by atoms with van der Waals surface area (Å²) in [7, 11) is -0.628. The normalized spacial score (nSPS) is 19.4. The van der Waals surface area contributed by atoms with Crippen LogP contribution in [0.1, 0.15) is 54.4 Å². The molecule has 0 unspecified atom stereocenters. The van der Waals surface area contributed by atoms with Gasteiger partial charge in [0.15, 0.2) is 9.84 Å². The molecule has 1 heterocycles. The Morgan fingerprint density at radius 2 is 1.50 bits per heavy atom. The molecule has 1 aliphatic heterocycles. The summed E-state index contributed by atoms with van der Waals surface area (Å²) >= 11 is 18.0. The van der Waals surface area contributed by atoms with Crippen molar-refractivity contribution in [2.24, 2.45) is 5.41 Å². The van der Waals surface area contributed by atoms with Gasteiger partial charge in [0, 0.05) is 42.8 Å². The molecule has 230 valence electrons. The number of hydrogen-bond donors (Lipinski definition) is 1. The molecule has 4 rings (SSSR count). The highest BCUT2D eigenvalue weighted by Gasteiger charge is 2.62. The fourth-order valence-corrected chi connectivity index (χ4v) is 8.51. The highest BCUT2D eigenvalue weighted by atomic mass is 35.5. The second-order valence-electron chi connectivity index (χ2n) is 11.2. The summed E-state index contributed by atoms with van der Waals surface area (Å²) in [6.45, 7) is -0.0557. The predicted octanol–water partition coefficient (Wildman–Crippen LogP) is 6.12. The molecule has 2 fully saturated rings. The molecular formula is C28H30Cl3F3N2O5S. The van der Waals surface area contributed by atoms with Crippen molar-refractivity contribution in [1.82, 2.24) is 9.80 Å². The molecule has 2 aromatic carbocycles. The smallest absolute Gasteiger partial charge is 0.368 e. The molecular weight excluding hydrogens is 640 g/mol. The lowest BCUT2D eigenvalue weighted by Gasteiger charge is -2.47. The molecule has 1 spiro atoms. The molecule has 1 saturated heterocycles. The van der Waals surface area contributed by atoms with Crippen molar-refractivity contribution < 1.29 is 36.3 Å². The Bertz CT molecular complexity index is 1460. The van der Waals surface area contributed by atoms with E-state index in [4.69, 9.17) is 34.8 Å². The monoisotopic (exact) mass is 668 g/mol. The number of rotatable bonds is 5. The average molecular weight is 670 g/mol. The number of alkyl halides is 3. The number of carbonyl (C=O) groups is 2. The highest BCUT2D eigenvalue weighted by Crippen LogP contribution is 2.48. The van der Waals surface area contributed by atoms with E-state index in [0.717, 1.165) is 17.0 Å². The Kier molecular flexibility index (Phi) is 9.23. The van der Waals surface area contributed by atoms with Gasteiger partial charge in [-0.05, 0) is 80.3 Å². The minimum absolute atomic E-state index is 0.0247. The summed E-state index contributed by atoms with van der Waals surface area (Å²) in [6, 6.07) is 7.00. The van der Waals surface area contributed by atoms with E-state index in [-0.39, 0.29) is 49.9 Å². The maximum absolute atomic E-state index is 14.2. The largest absolute Gasteiger partial charge is 0.430 e. The van der Waals surface area contributed by atoms with E-state index in [1.165, 1.54) is 29.2 Å². The van der Waals surface area contributed by atoms with Crippen LogP contribution in [-0.2, 0) is 20.2 Å². The zero-order valence-electron chi connectivity index (χ0n) is 22.8. The molecule has 14 heteroatoms. The number of piperidine rings is 1. The summed E-state index contributed by atoms with van der Waals surface area (Å²) in [4.78, 5) is 27.8. The van der Waals surface area contributed by atoms with Crippen molar-refractivity contribution in [2.45, 2.75) is 60.4 Å². The van der Waals surface area contributed by atoms with Crippen LogP contribution in [0.4, 0.5) is 13.2 Å². The zero-order valence-corrected chi connectivity index (χ0v) is 25.9. The number of benzene rings is 2. The van der Waals surface area contributed by atoms with Crippen LogP contribution in [0.25, 0.3) is 0 Å². The Balaban J connectivity index is 1.44. The maximum atomic E-state index is 14.2. The summed E-state index contributed by atoms with van der Waals surface area (Å²) in [5.41, 5.74) is -4.73. The van der Waals surface area contributed by atoms with Gasteiger partial charge in [-0.25, -0.2) is 8.42 Å². The maximum Gasteiger partial charge on any atom is 0.430 e. The van der Waals surface area contributed by atoms with Crippen molar-refractivity contribution >= 4 is 56.5 Å². The molecule has 7 nitrogen and oxygen atoms in total. The molecule has 1 aliphatic carbocycles. The lowest BCUT2D eigenvalue weighted by atomic mass is 9.68. The van der Waals surface area contributed by atoms with Gasteiger partial charge in [0.05, 0.1) is 20.7 Å². The van der Waals surface area contributed by atoms with Gasteiger partial charge in [-0.3, -0.25) is 9.59 Å². The summed E-state index contributed by atoms with van der Waals surface area (Å²) in [5, 5.41) is 9.83. The van der Waals surface area contributed by atoms with Gasteiger partial charge in [-0.2, -0.15) is 13.2 Å². The van der Waals surface area contributed by atoms with Crippen molar-refractivity contribution in [1.29, 1.82) is 0 Å². The standard InChI is InChI=1S/C28H30Cl3F3N2O5S/c1-35(2)24(37)22-4-3-21(16-23(22)31)42(40,41)20-5-7-26(8-6-20)9-11-36(12-10-26)25(38)27(39,28(32,33)34)17-13-18(29)15-19(30)14-17/h3-4,13-16,20,39H,5-12H2,1-2H3/t27-/m1/s1. The van der Waals surface area contributed by atoms with Crippen LogP contribution in [0.2, 0.25) is 15.1 Å². The number of nitrogens with zero attached hydrogens (tertiary/aromatic N) is 2. The molecule has 42 heavy (non-hydrogen) atoms. The SMILES string of the molecule is CN(C)C(=O)c1ccc(S(=O)(=O)C2CCC3(CC2)CCN(C(=O)[C@](O)(c2cc(Cl)cc(Cl)c2)C(F)(F)F)CC3)cc1Cl. The van der Waals surface area contributed by atoms with Gasteiger partial charge >= 0.3 is 6.18 Å². The number of likely N-dealkylation sites (tertiary alicyclic amines) is 1. The minimum atomic E-state index is -5.33. The van der Waals surface area contributed by atoms with Crippen LogP contribution in [-0.4, -0.2) is 73.7 Å². The van der Waals surface area contributed by atoms with Gasteiger partial charge in [-0.1, -0.05) is 34.8 Å². The third kappa shape index (κ3) is 6.13.